The van der Waals surface area contributed by atoms with Crippen LogP contribution in [0.5, 0.6) is 0 Å². The molecule has 0 aliphatic carbocycles. The highest BCUT2D eigenvalue weighted by atomic mass is 32.1. The van der Waals surface area contributed by atoms with E-state index in [-0.39, 0.29) is 0 Å². The van der Waals surface area contributed by atoms with E-state index in [1.807, 2.05) is 24.3 Å². The molecule has 90 valence electrons. The summed E-state index contributed by atoms with van der Waals surface area (Å²) < 4.78 is 1.00. The number of aliphatic carboxylic acids is 1. The van der Waals surface area contributed by atoms with Gasteiger partial charge in [0, 0.05) is 9.58 Å². The third-order valence-electron chi connectivity index (χ3n) is 2.48. The van der Waals surface area contributed by atoms with Gasteiger partial charge in [0.15, 0.2) is 0 Å². The molecule has 2 aromatic rings. The second kappa shape index (κ2) is 4.83. The van der Waals surface area contributed by atoms with Crippen LogP contribution in [0.15, 0.2) is 30.3 Å². The van der Waals surface area contributed by atoms with Gasteiger partial charge >= 0.3 is 5.97 Å². The maximum absolute atomic E-state index is 10.4. The lowest BCUT2D eigenvalue weighted by molar-refractivity contribution is -0.141. The summed E-state index contributed by atoms with van der Waals surface area (Å²) in [5, 5.41) is 28.9. The van der Waals surface area contributed by atoms with Gasteiger partial charge in [0.2, 0.25) is 0 Å². The molecule has 3 N–H and O–H groups in total. The Morgan fingerprint density at radius 3 is 2.65 bits per heavy atom. The molecule has 0 aliphatic rings. The molecule has 0 fully saturated rings. The summed E-state index contributed by atoms with van der Waals surface area (Å²) in [6.07, 6.45) is -2.89. The van der Waals surface area contributed by atoms with Crippen molar-refractivity contribution in [1.29, 1.82) is 0 Å². The maximum Gasteiger partial charge on any atom is 0.306 e. The van der Waals surface area contributed by atoms with Gasteiger partial charge in [-0.25, -0.2) is 0 Å². The van der Waals surface area contributed by atoms with E-state index >= 15 is 0 Å². The first kappa shape index (κ1) is 12.0. The number of rotatable bonds is 4. The largest absolute Gasteiger partial charge is 0.481 e. The van der Waals surface area contributed by atoms with Crippen molar-refractivity contribution in [2.75, 3.05) is 0 Å². The van der Waals surface area contributed by atoms with Gasteiger partial charge in [-0.3, -0.25) is 4.79 Å². The number of fused-ring (bicyclic) bond motifs is 1. The van der Waals surface area contributed by atoms with E-state index in [9.17, 15) is 15.0 Å². The van der Waals surface area contributed by atoms with Crippen LogP contribution in [-0.2, 0) is 4.79 Å². The Morgan fingerprint density at radius 2 is 2.00 bits per heavy atom. The first-order valence-electron chi connectivity index (χ1n) is 5.14. The van der Waals surface area contributed by atoms with Gasteiger partial charge in [-0.1, -0.05) is 18.2 Å². The first-order valence-corrected chi connectivity index (χ1v) is 5.96. The Hall–Kier alpha value is -1.43. The number of benzene rings is 1. The van der Waals surface area contributed by atoms with E-state index < -0.39 is 24.6 Å². The van der Waals surface area contributed by atoms with Crippen LogP contribution < -0.4 is 0 Å². The second-order valence-electron chi connectivity index (χ2n) is 3.80. The fourth-order valence-corrected chi connectivity index (χ4v) is 2.74. The van der Waals surface area contributed by atoms with Gasteiger partial charge in [0.25, 0.3) is 0 Å². The molecule has 0 bridgehead atoms. The fraction of sp³-hybridized carbons (Fsp3) is 0.250. The number of carboxylic acids is 1. The molecule has 0 saturated carbocycles. The van der Waals surface area contributed by atoms with Gasteiger partial charge < -0.3 is 15.3 Å². The topological polar surface area (TPSA) is 77.8 Å². The van der Waals surface area contributed by atoms with Crippen molar-refractivity contribution in [3.63, 3.8) is 0 Å². The lowest BCUT2D eigenvalue weighted by Crippen LogP contribution is -2.20. The van der Waals surface area contributed by atoms with Crippen molar-refractivity contribution in [2.24, 2.45) is 0 Å². The summed E-state index contributed by atoms with van der Waals surface area (Å²) in [5.74, 6) is -1.13. The molecule has 2 unspecified atom stereocenters. The van der Waals surface area contributed by atoms with Crippen LogP contribution in [0.3, 0.4) is 0 Å². The molecule has 0 spiro atoms. The monoisotopic (exact) mass is 252 g/mol. The molecule has 5 heteroatoms. The number of aliphatic hydroxyl groups excluding tert-OH is 2. The number of hydrogen-bond acceptors (Lipinski definition) is 4. The van der Waals surface area contributed by atoms with Crippen molar-refractivity contribution in [3.05, 3.63) is 35.2 Å². The minimum Gasteiger partial charge on any atom is -0.481 e. The van der Waals surface area contributed by atoms with Gasteiger partial charge in [-0.15, -0.1) is 11.3 Å². The number of carboxylic acid groups (broad SMARTS) is 1. The molecule has 2 atom stereocenters. The predicted octanol–water partition coefficient (Wildman–Crippen LogP) is 1.77. The zero-order chi connectivity index (χ0) is 12.4. The van der Waals surface area contributed by atoms with Crippen molar-refractivity contribution in [1.82, 2.24) is 0 Å². The Balaban J connectivity index is 2.24. The zero-order valence-electron chi connectivity index (χ0n) is 8.91. The molecule has 17 heavy (non-hydrogen) atoms. The van der Waals surface area contributed by atoms with Crippen LogP contribution in [0.2, 0.25) is 0 Å². The number of hydrogen-bond donors (Lipinski definition) is 3. The summed E-state index contributed by atoms with van der Waals surface area (Å²) in [4.78, 5) is 11.0. The summed E-state index contributed by atoms with van der Waals surface area (Å²) in [7, 11) is 0. The molecule has 2 rings (SSSR count). The van der Waals surface area contributed by atoms with E-state index in [4.69, 9.17) is 5.11 Å². The normalized spacial score (nSPS) is 14.7. The number of carbonyl (C=O) groups is 1. The lowest BCUT2D eigenvalue weighted by atomic mass is 10.1. The van der Waals surface area contributed by atoms with Crippen LogP contribution in [0.25, 0.3) is 10.1 Å². The Kier molecular flexibility index (Phi) is 3.42. The Morgan fingerprint density at radius 1 is 1.29 bits per heavy atom. The Bertz CT molecular complexity index is 501. The highest BCUT2D eigenvalue weighted by Crippen LogP contribution is 2.31. The summed E-state index contributed by atoms with van der Waals surface area (Å²) in [5.41, 5.74) is 0. The molecule has 4 nitrogen and oxygen atoms in total. The van der Waals surface area contributed by atoms with Gasteiger partial charge in [0.05, 0.1) is 12.5 Å². The molecule has 0 amide bonds. The van der Waals surface area contributed by atoms with E-state index in [0.717, 1.165) is 10.1 Å². The summed E-state index contributed by atoms with van der Waals surface area (Å²) in [6, 6.07) is 9.38. The Labute approximate surface area is 102 Å². The average Bonchev–Trinajstić information content (AvgIpc) is 2.70. The minimum absolute atomic E-state index is 0.463. The first-order chi connectivity index (χ1) is 8.08. The molecule has 1 heterocycles. The molecular weight excluding hydrogens is 240 g/mol. The van der Waals surface area contributed by atoms with Gasteiger partial charge in [0.1, 0.15) is 6.10 Å². The maximum atomic E-state index is 10.4. The SMILES string of the molecule is O=C(O)CC(O)C(O)c1cc2ccccc2s1. The van der Waals surface area contributed by atoms with E-state index in [0.29, 0.717) is 4.88 Å². The van der Waals surface area contributed by atoms with Crippen LogP contribution >= 0.6 is 11.3 Å². The number of aliphatic hydroxyl groups is 2. The average molecular weight is 252 g/mol. The molecule has 0 saturated heterocycles. The molecule has 0 radical (unpaired) electrons. The fourth-order valence-electron chi connectivity index (χ4n) is 1.63. The van der Waals surface area contributed by atoms with E-state index in [1.54, 1.807) is 6.07 Å². The second-order valence-corrected chi connectivity index (χ2v) is 4.91. The van der Waals surface area contributed by atoms with E-state index in [2.05, 4.69) is 0 Å². The summed E-state index contributed by atoms with van der Waals surface area (Å²) >= 11 is 1.36. The van der Waals surface area contributed by atoms with Gasteiger partial charge in [-0.05, 0) is 17.5 Å². The third-order valence-corrected chi connectivity index (χ3v) is 3.67. The molecule has 1 aromatic carbocycles. The minimum atomic E-state index is -1.28. The quantitative estimate of drug-likeness (QED) is 0.775. The van der Waals surface area contributed by atoms with Crippen molar-refractivity contribution < 1.29 is 20.1 Å². The van der Waals surface area contributed by atoms with Crippen LogP contribution in [0, 0.1) is 0 Å². The number of thiophene rings is 1. The van der Waals surface area contributed by atoms with Gasteiger partial charge in [-0.2, -0.15) is 0 Å². The van der Waals surface area contributed by atoms with Crippen LogP contribution in [0.4, 0.5) is 0 Å². The highest BCUT2D eigenvalue weighted by molar-refractivity contribution is 7.19. The molecule has 1 aromatic heterocycles. The standard InChI is InChI=1S/C12H12O4S/c13-8(6-11(14)15)12(16)10-5-7-3-1-2-4-9(7)17-10/h1-5,8,12-13,16H,6H2,(H,14,15). The highest BCUT2D eigenvalue weighted by Gasteiger charge is 2.22. The summed E-state index contributed by atoms with van der Waals surface area (Å²) in [6.45, 7) is 0. The smallest absolute Gasteiger partial charge is 0.306 e. The zero-order valence-corrected chi connectivity index (χ0v) is 9.72. The molecular formula is C12H12O4S. The third kappa shape index (κ3) is 2.63. The van der Waals surface area contributed by atoms with E-state index in [1.165, 1.54) is 11.3 Å². The van der Waals surface area contributed by atoms with Crippen LogP contribution in [-0.4, -0.2) is 27.4 Å². The molecule has 0 aliphatic heterocycles. The van der Waals surface area contributed by atoms with Crippen LogP contribution in [0.1, 0.15) is 17.4 Å². The van der Waals surface area contributed by atoms with Crippen molar-refractivity contribution in [3.8, 4) is 0 Å². The van der Waals surface area contributed by atoms with Crippen molar-refractivity contribution >= 4 is 27.4 Å². The van der Waals surface area contributed by atoms with Crippen molar-refractivity contribution in [2.45, 2.75) is 18.6 Å². The predicted molar refractivity (Wildman–Crippen MR) is 65.0 cm³/mol. The lowest BCUT2D eigenvalue weighted by Gasteiger charge is -2.13.